The van der Waals surface area contributed by atoms with E-state index < -0.39 is 0 Å². The summed E-state index contributed by atoms with van der Waals surface area (Å²) in [5.41, 5.74) is 3.41. The van der Waals surface area contributed by atoms with Gasteiger partial charge in [-0.25, -0.2) is 4.39 Å². The molecule has 3 rings (SSSR count). The molecule has 0 radical (unpaired) electrons. The van der Waals surface area contributed by atoms with Crippen molar-refractivity contribution in [1.82, 2.24) is 4.57 Å². The van der Waals surface area contributed by atoms with Crippen LogP contribution >= 0.6 is 46.4 Å². The smallest absolute Gasteiger partial charge is 0.123 e. The molecule has 0 atom stereocenters. The summed E-state index contributed by atoms with van der Waals surface area (Å²) in [6, 6.07) is 12.5. The van der Waals surface area contributed by atoms with Crippen molar-refractivity contribution in [1.29, 1.82) is 0 Å². The number of aromatic nitrogens is 1. The van der Waals surface area contributed by atoms with E-state index in [1.807, 2.05) is 36.7 Å². The van der Waals surface area contributed by atoms with Crippen LogP contribution in [0.5, 0.6) is 0 Å². The van der Waals surface area contributed by atoms with Crippen LogP contribution in [0.15, 0.2) is 54.9 Å². The highest BCUT2D eigenvalue weighted by Gasteiger charge is 2.12. The van der Waals surface area contributed by atoms with Crippen molar-refractivity contribution >= 4 is 46.4 Å². The molecule has 0 aliphatic heterocycles. The van der Waals surface area contributed by atoms with Gasteiger partial charge < -0.3 is 4.57 Å². The maximum Gasteiger partial charge on any atom is 0.123 e. The predicted molar refractivity (Wildman–Crippen MR) is 114 cm³/mol. The molecule has 1 aromatic heterocycles. The van der Waals surface area contributed by atoms with Crippen molar-refractivity contribution in [3.63, 3.8) is 0 Å². The Morgan fingerprint density at radius 1 is 1.08 bits per heavy atom. The van der Waals surface area contributed by atoms with Crippen molar-refractivity contribution in [2.75, 3.05) is 0 Å². The van der Waals surface area contributed by atoms with Gasteiger partial charge in [-0.2, -0.15) is 0 Å². The first-order valence-corrected chi connectivity index (χ1v) is 9.81. The zero-order valence-electron chi connectivity index (χ0n) is 13.6. The molecule has 0 amide bonds. The second kappa shape index (κ2) is 7.98. The van der Waals surface area contributed by atoms with E-state index in [0.29, 0.717) is 9.53 Å². The fraction of sp³-hybridized carbons (Fsp3) is 0.150. The van der Waals surface area contributed by atoms with Crippen molar-refractivity contribution in [2.24, 2.45) is 0 Å². The van der Waals surface area contributed by atoms with Crippen molar-refractivity contribution in [3.05, 3.63) is 73.8 Å². The van der Waals surface area contributed by atoms with E-state index in [4.69, 9.17) is 23.8 Å². The van der Waals surface area contributed by atoms with Gasteiger partial charge in [-0.3, -0.25) is 0 Å². The van der Waals surface area contributed by atoms with Crippen LogP contribution in [0.2, 0.25) is 5.02 Å². The molecule has 128 valence electrons. The van der Waals surface area contributed by atoms with E-state index in [-0.39, 0.29) is 5.82 Å². The van der Waals surface area contributed by atoms with E-state index in [1.54, 1.807) is 6.07 Å². The summed E-state index contributed by atoms with van der Waals surface area (Å²) in [4.78, 5) is 0. The van der Waals surface area contributed by atoms with Crippen LogP contribution in [0.25, 0.3) is 22.3 Å². The second-order valence-corrected chi connectivity index (χ2v) is 7.85. The van der Waals surface area contributed by atoms with Crippen molar-refractivity contribution in [2.45, 2.75) is 19.9 Å². The minimum absolute atomic E-state index is 0.272. The SMILES string of the molecule is CCCn1cc(-c2cccc(F)c2)c(=S)c(-c2ccc(I)cc2Cl)c1. The van der Waals surface area contributed by atoms with E-state index in [1.165, 1.54) is 12.1 Å². The Balaban J connectivity index is 2.27. The molecule has 25 heavy (non-hydrogen) atoms. The van der Waals surface area contributed by atoms with Gasteiger partial charge in [0.05, 0.1) is 4.51 Å². The Kier molecular flexibility index (Phi) is 5.92. The second-order valence-electron chi connectivity index (χ2n) is 5.79. The van der Waals surface area contributed by atoms with Gasteiger partial charge in [-0.1, -0.05) is 48.9 Å². The van der Waals surface area contributed by atoms with Crippen LogP contribution < -0.4 is 0 Å². The highest BCUT2D eigenvalue weighted by molar-refractivity contribution is 14.1. The van der Waals surface area contributed by atoms with Crippen LogP contribution in [-0.2, 0) is 6.54 Å². The molecule has 0 unspecified atom stereocenters. The molecule has 5 heteroatoms. The lowest BCUT2D eigenvalue weighted by molar-refractivity contribution is 0.628. The number of benzene rings is 2. The molecule has 1 heterocycles. The highest BCUT2D eigenvalue weighted by atomic mass is 127. The molecular weight excluding hydrogens is 468 g/mol. The number of pyridine rings is 1. The van der Waals surface area contributed by atoms with E-state index in [2.05, 4.69) is 34.1 Å². The molecule has 3 aromatic rings. The molecule has 2 aromatic carbocycles. The summed E-state index contributed by atoms with van der Waals surface area (Å²) in [5.74, 6) is -0.272. The number of nitrogens with zero attached hydrogens (tertiary/aromatic N) is 1. The summed E-state index contributed by atoms with van der Waals surface area (Å²) < 4.78 is 17.6. The number of aryl methyl sites for hydroxylation is 1. The van der Waals surface area contributed by atoms with Crippen LogP contribution in [0, 0.1) is 13.9 Å². The van der Waals surface area contributed by atoms with Gasteiger partial charge in [0.25, 0.3) is 0 Å². The van der Waals surface area contributed by atoms with Gasteiger partial charge in [-0.05, 0) is 58.8 Å². The molecular formula is C20H16ClFINS. The maximum atomic E-state index is 13.7. The van der Waals surface area contributed by atoms with Crippen LogP contribution in [-0.4, -0.2) is 4.57 Å². The third-order valence-electron chi connectivity index (χ3n) is 3.92. The average Bonchev–Trinajstić information content (AvgIpc) is 2.57. The largest absolute Gasteiger partial charge is 0.353 e. The zero-order valence-corrected chi connectivity index (χ0v) is 17.3. The molecule has 0 bridgehead atoms. The Bertz CT molecular complexity index is 984. The van der Waals surface area contributed by atoms with E-state index >= 15 is 0 Å². The number of hydrogen-bond acceptors (Lipinski definition) is 1. The van der Waals surface area contributed by atoms with Gasteiger partial charge >= 0.3 is 0 Å². The quantitative estimate of drug-likeness (QED) is 0.277. The number of halogens is 3. The Morgan fingerprint density at radius 3 is 2.52 bits per heavy atom. The van der Waals surface area contributed by atoms with Crippen LogP contribution in [0.1, 0.15) is 13.3 Å². The van der Waals surface area contributed by atoms with Crippen LogP contribution in [0.3, 0.4) is 0 Å². The van der Waals surface area contributed by atoms with Gasteiger partial charge in [0, 0.05) is 44.2 Å². The lowest BCUT2D eigenvalue weighted by Crippen LogP contribution is -2.01. The lowest BCUT2D eigenvalue weighted by atomic mass is 10.0. The Morgan fingerprint density at radius 2 is 1.84 bits per heavy atom. The average molecular weight is 484 g/mol. The van der Waals surface area contributed by atoms with Gasteiger partial charge in [0.2, 0.25) is 0 Å². The van der Waals surface area contributed by atoms with Crippen LogP contribution in [0.4, 0.5) is 4.39 Å². The molecule has 0 aliphatic carbocycles. The molecule has 1 nitrogen and oxygen atoms in total. The Labute approximate surface area is 170 Å². The molecule has 0 spiro atoms. The monoisotopic (exact) mass is 483 g/mol. The van der Waals surface area contributed by atoms with Gasteiger partial charge in [-0.15, -0.1) is 0 Å². The van der Waals surface area contributed by atoms with E-state index in [9.17, 15) is 4.39 Å². The third-order valence-corrected chi connectivity index (χ3v) is 5.34. The Hall–Kier alpha value is -1.24. The van der Waals surface area contributed by atoms with Crippen molar-refractivity contribution in [3.8, 4) is 22.3 Å². The number of hydrogen-bond donors (Lipinski definition) is 0. The molecule has 0 fully saturated rings. The third kappa shape index (κ3) is 4.13. The minimum Gasteiger partial charge on any atom is -0.353 e. The van der Waals surface area contributed by atoms with Gasteiger partial charge in [0.15, 0.2) is 0 Å². The zero-order chi connectivity index (χ0) is 18.0. The first kappa shape index (κ1) is 18.5. The summed E-state index contributed by atoms with van der Waals surface area (Å²) in [5, 5.41) is 0.664. The maximum absolute atomic E-state index is 13.7. The fourth-order valence-corrected chi connectivity index (χ4v) is 4.07. The number of rotatable bonds is 4. The molecule has 0 aliphatic rings. The summed E-state index contributed by atoms with van der Waals surface area (Å²) in [6.45, 7) is 2.97. The first-order valence-electron chi connectivity index (χ1n) is 7.95. The van der Waals surface area contributed by atoms with E-state index in [0.717, 1.165) is 38.8 Å². The van der Waals surface area contributed by atoms with Crippen molar-refractivity contribution < 1.29 is 4.39 Å². The summed E-state index contributed by atoms with van der Waals surface area (Å²) in [6.07, 6.45) is 5.01. The topological polar surface area (TPSA) is 4.93 Å². The molecule has 0 N–H and O–H groups in total. The predicted octanol–water partition coefficient (Wildman–Crippen LogP) is 7.36. The standard InChI is InChI=1S/C20H16ClFINS/c1-2-8-24-11-17(13-4-3-5-14(22)9-13)20(25)18(12-24)16-7-6-15(23)10-19(16)21/h3-7,9-12H,2,8H2,1H3. The fourth-order valence-electron chi connectivity index (χ4n) is 2.78. The van der Waals surface area contributed by atoms with Gasteiger partial charge in [0.1, 0.15) is 5.82 Å². The highest BCUT2D eigenvalue weighted by Crippen LogP contribution is 2.34. The first-order chi connectivity index (χ1) is 12.0. The minimum atomic E-state index is -0.272. The lowest BCUT2D eigenvalue weighted by Gasteiger charge is -2.14. The summed E-state index contributed by atoms with van der Waals surface area (Å²) in [7, 11) is 0. The molecule has 0 saturated heterocycles. The molecule has 0 saturated carbocycles. The summed E-state index contributed by atoms with van der Waals surface area (Å²) >= 11 is 14.4. The normalized spacial score (nSPS) is 10.9.